The lowest BCUT2D eigenvalue weighted by molar-refractivity contribution is 0.0887. The summed E-state index contributed by atoms with van der Waals surface area (Å²) in [6.07, 6.45) is 2.43. The van der Waals surface area contributed by atoms with Crippen molar-refractivity contribution in [2.24, 2.45) is 11.7 Å². The van der Waals surface area contributed by atoms with E-state index in [0.717, 1.165) is 12.1 Å². The van der Waals surface area contributed by atoms with Gasteiger partial charge in [0.2, 0.25) is 5.82 Å². The van der Waals surface area contributed by atoms with Gasteiger partial charge in [-0.05, 0) is 32.3 Å². The minimum absolute atomic E-state index is 0.111. The van der Waals surface area contributed by atoms with Gasteiger partial charge in [0.25, 0.3) is 11.7 Å². The van der Waals surface area contributed by atoms with Crippen LogP contribution in [0.15, 0.2) is 12.3 Å². The second kappa shape index (κ2) is 5.77. The highest BCUT2D eigenvalue weighted by molar-refractivity contribution is 5.91. The van der Waals surface area contributed by atoms with Crippen LogP contribution in [0.25, 0.3) is 5.78 Å². The van der Waals surface area contributed by atoms with Crippen LogP contribution >= 0.6 is 0 Å². The molecule has 0 saturated carbocycles. The van der Waals surface area contributed by atoms with Crippen LogP contribution < -0.4 is 11.1 Å². The molecule has 0 aliphatic heterocycles. The first-order valence-electron chi connectivity index (χ1n) is 7.05. The maximum absolute atomic E-state index is 12.3. The number of hydrogen-bond acceptors (Lipinski definition) is 5. The van der Waals surface area contributed by atoms with Crippen molar-refractivity contribution in [1.29, 1.82) is 0 Å². The minimum atomic E-state index is -0.467. The normalized spacial score (nSPS) is 14.4. The molecule has 1 atom stereocenters. The zero-order chi connectivity index (χ0) is 15.6. The number of hydrogen-bond donors (Lipinski definition) is 2. The van der Waals surface area contributed by atoms with Gasteiger partial charge in [-0.25, -0.2) is 9.50 Å². The lowest BCUT2D eigenvalue weighted by Crippen LogP contribution is -2.52. The molecule has 0 aromatic carbocycles. The van der Waals surface area contributed by atoms with Gasteiger partial charge >= 0.3 is 0 Å². The number of nitrogens with two attached hydrogens (primary N) is 1. The Balaban J connectivity index is 2.24. The molecule has 0 fully saturated rings. The largest absolute Gasteiger partial charge is 0.343 e. The van der Waals surface area contributed by atoms with Crippen LogP contribution in [0, 0.1) is 12.8 Å². The van der Waals surface area contributed by atoms with E-state index in [9.17, 15) is 4.79 Å². The summed E-state index contributed by atoms with van der Waals surface area (Å²) in [5.41, 5.74) is 6.21. The molecule has 7 nitrogen and oxygen atoms in total. The zero-order valence-electron chi connectivity index (χ0n) is 12.9. The molecule has 114 valence electrons. The monoisotopic (exact) mass is 290 g/mol. The molecule has 2 aromatic rings. The van der Waals surface area contributed by atoms with Crippen molar-refractivity contribution in [2.75, 3.05) is 6.54 Å². The lowest BCUT2D eigenvalue weighted by atomic mass is 9.90. The van der Waals surface area contributed by atoms with Gasteiger partial charge in [0.05, 0.1) is 5.54 Å². The van der Waals surface area contributed by atoms with Crippen LogP contribution in [-0.4, -0.2) is 37.6 Å². The fraction of sp³-hybridized carbons (Fsp3) is 0.571. The number of rotatable bonds is 5. The van der Waals surface area contributed by atoms with Crippen LogP contribution in [0.5, 0.6) is 0 Å². The highest BCUT2D eigenvalue weighted by Crippen LogP contribution is 2.15. The first kappa shape index (κ1) is 15.4. The van der Waals surface area contributed by atoms with Crippen molar-refractivity contribution in [3.05, 3.63) is 23.8 Å². The van der Waals surface area contributed by atoms with E-state index in [1.54, 1.807) is 10.7 Å². The van der Waals surface area contributed by atoms with E-state index >= 15 is 0 Å². The summed E-state index contributed by atoms with van der Waals surface area (Å²) in [6.45, 7) is 8.37. The number of amides is 1. The first-order valence-corrected chi connectivity index (χ1v) is 7.05. The fourth-order valence-corrected chi connectivity index (χ4v) is 2.42. The molecular formula is C14H22N6O. The van der Waals surface area contributed by atoms with Crippen LogP contribution in [0.3, 0.4) is 0 Å². The number of aryl methyl sites for hydroxylation is 1. The third-order valence-electron chi connectivity index (χ3n) is 3.36. The SMILES string of the molecule is Cc1ccnc2nc(C(=O)NC(C)(CN)CC(C)C)nn12. The van der Waals surface area contributed by atoms with Gasteiger partial charge in [0, 0.05) is 18.4 Å². The molecular weight excluding hydrogens is 268 g/mol. The molecule has 0 radical (unpaired) electrons. The van der Waals surface area contributed by atoms with Crippen molar-refractivity contribution in [2.45, 2.75) is 39.7 Å². The molecule has 0 bridgehead atoms. The Morgan fingerprint density at radius 2 is 2.24 bits per heavy atom. The van der Waals surface area contributed by atoms with Gasteiger partial charge in [-0.1, -0.05) is 13.8 Å². The van der Waals surface area contributed by atoms with E-state index in [1.165, 1.54) is 0 Å². The number of carbonyl (C=O) groups is 1. The number of carbonyl (C=O) groups excluding carboxylic acids is 1. The lowest BCUT2D eigenvalue weighted by Gasteiger charge is -2.30. The van der Waals surface area contributed by atoms with Crippen molar-refractivity contribution < 1.29 is 4.79 Å². The van der Waals surface area contributed by atoms with E-state index in [0.29, 0.717) is 18.2 Å². The highest BCUT2D eigenvalue weighted by atomic mass is 16.2. The van der Waals surface area contributed by atoms with Crippen molar-refractivity contribution >= 4 is 11.7 Å². The smallest absolute Gasteiger partial charge is 0.291 e. The van der Waals surface area contributed by atoms with Crippen molar-refractivity contribution in [3.8, 4) is 0 Å². The Hall–Kier alpha value is -2.02. The van der Waals surface area contributed by atoms with E-state index in [-0.39, 0.29) is 11.7 Å². The number of nitrogens with zero attached hydrogens (tertiary/aromatic N) is 4. The zero-order valence-corrected chi connectivity index (χ0v) is 12.9. The second-order valence-electron chi connectivity index (χ2n) is 6.05. The van der Waals surface area contributed by atoms with Gasteiger partial charge in [0.15, 0.2) is 0 Å². The minimum Gasteiger partial charge on any atom is -0.343 e. The molecule has 2 aromatic heterocycles. The number of fused-ring (bicyclic) bond motifs is 1. The van der Waals surface area contributed by atoms with E-state index in [2.05, 4.69) is 34.2 Å². The van der Waals surface area contributed by atoms with Crippen molar-refractivity contribution in [1.82, 2.24) is 24.9 Å². The van der Waals surface area contributed by atoms with Gasteiger partial charge in [-0.2, -0.15) is 4.98 Å². The molecule has 21 heavy (non-hydrogen) atoms. The molecule has 0 saturated heterocycles. The third-order valence-corrected chi connectivity index (χ3v) is 3.36. The second-order valence-corrected chi connectivity index (χ2v) is 6.05. The summed E-state index contributed by atoms with van der Waals surface area (Å²) >= 11 is 0. The quantitative estimate of drug-likeness (QED) is 0.853. The van der Waals surface area contributed by atoms with E-state index < -0.39 is 5.54 Å². The Morgan fingerprint density at radius 1 is 1.52 bits per heavy atom. The molecule has 0 aliphatic rings. The van der Waals surface area contributed by atoms with Crippen LogP contribution in [0.1, 0.15) is 43.5 Å². The van der Waals surface area contributed by atoms with Crippen LogP contribution in [0.2, 0.25) is 0 Å². The maximum Gasteiger partial charge on any atom is 0.291 e. The topological polar surface area (TPSA) is 98.2 Å². The molecule has 0 aliphatic carbocycles. The number of aromatic nitrogens is 4. The molecule has 0 spiro atoms. The average molecular weight is 290 g/mol. The predicted octanol–water partition coefficient (Wildman–Crippen LogP) is 0.926. The maximum atomic E-state index is 12.3. The Labute approximate surface area is 124 Å². The summed E-state index contributed by atoms with van der Waals surface area (Å²) < 4.78 is 1.55. The summed E-state index contributed by atoms with van der Waals surface area (Å²) in [4.78, 5) is 20.6. The van der Waals surface area contributed by atoms with Gasteiger partial charge in [0.1, 0.15) is 0 Å². The van der Waals surface area contributed by atoms with E-state index in [4.69, 9.17) is 5.73 Å². The molecule has 2 heterocycles. The standard InChI is InChI=1S/C14H22N6O/c1-9(2)7-14(4,8-15)18-12(21)11-17-13-16-6-5-10(3)20(13)19-11/h5-6,9H,7-8,15H2,1-4H3,(H,18,21). The molecule has 1 amide bonds. The van der Waals surface area contributed by atoms with Gasteiger partial charge < -0.3 is 11.1 Å². The number of nitrogens with one attached hydrogen (secondary N) is 1. The van der Waals surface area contributed by atoms with Gasteiger partial charge in [-0.3, -0.25) is 4.79 Å². The summed E-state index contributed by atoms with van der Waals surface area (Å²) in [5, 5.41) is 7.14. The molecule has 2 rings (SSSR count). The average Bonchev–Trinajstić information content (AvgIpc) is 2.83. The Bertz CT molecular complexity index is 650. The summed E-state index contributed by atoms with van der Waals surface area (Å²) in [7, 11) is 0. The Kier molecular flexibility index (Phi) is 4.22. The molecule has 3 N–H and O–H groups in total. The van der Waals surface area contributed by atoms with Crippen molar-refractivity contribution in [3.63, 3.8) is 0 Å². The summed E-state index contributed by atoms with van der Waals surface area (Å²) in [5.74, 6) is 0.629. The Morgan fingerprint density at radius 3 is 2.81 bits per heavy atom. The van der Waals surface area contributed by atoms with E-state index in [1.807, 2.05) is 19.9 Å². The fourth-order valence-electron chi connectivity index (χ4n) is 2.42. The highest BCUT2D eigenvalue weighted by Gasteiger charge is 2.28. The third kappa shape index (κ3) is 3.36. The molecule has 1 unspecified atom stereocenters. The van der Waals surface area contributed by atoms with Crippen LogP contribution in [-0.2, 0) is 0 Å². The van der Waals surface area contributed by atoms with Gasteiger partial charge in [-0.15, -0.1) is 5.10 Å². The first-order chi connectivity index (χ1) is 9.84. The van der Waals surface area contributed by atoms with Crippen LogP contribution in [0.4, 0.5) is 0 Å². The molecule has 7 heteroatoms. The predicted molar refractivity (Wildman–Crippen MR) is 79.9 cm³/mol. The summed E-state index contributed by atoms with van der Waals surface area (Å²) in [6, 6.07) is 1.81.